The Kier molecular flexibility index (Phi) is 2.98. The lowest BCUT2D eigenvalue weighted by molar-refractivity contribution is -0.111. The van der Waals surface area contributed by atoms with E-state index in [0.29, 0.717) is 24.9 Å². The molecule has 0 radical (unpaired) electrons. The van der Waals surface area contributed by atoms with Crippen molar-refractivity contribution in [1.29, 1.82) is 0 Å². The number of nitrogens with two attached hydrogens (primary N) is 2. The molecule has 5 N–H and O–H groups in total. The second-order valence-electron chi connectivity index (χ2n) is 5.78. The van der Waals surface area contributed by atoms with Crippen LogP contribution in [0, 0.1) is 11.8 Å². The van der Waals surface area contributed by atoms with Gasteiger partial charge in [0.15, 0.2) is 5.96 Å². The largest absolute Gasteiger partial charge is 0.419 e. The minimum atomic E-state index is -4.54. The van der Waals surface area contributed by atoms with E-state index in [4.69, 9.17) is 11.5 Å². The highest BCUT2D eigenvalue weighted by molar-refractivity contribution is 5.81. The summed E-state index contributed by atoms with van der Waals surface area (Å²) in [5, 5.41) is 2.31. The van der Waals surface area contributed by atoms with Crippen molar-refractivity contribution in [2.45, 2.75) is 31.2 Å². The summed E-state index contributed by atoms with van der Waals surface area (Å²) in [5.74, 6) is -1.14. The van der Waals surface area contributed by atoms with E-state index in [1.54, 1.807) is 4.90 Å². The molecule has 0 bridgehead atoms. The van der Waals surface area contributed by atoms with Crippen molar-refractivity contribution in [3.63, 3.8) is 0 Å². The van der Waals surface area contributed by atoms with Gasteiger partial charge in [-0.3, -0.25) is 10.6 Å². The van der Waals surface area contributed by atoms with Crippen molar-refractivity contribution in [2.24, 2.45) is 28.3 Å². The number of hydrogen-bond acceptors (Lipinski definition) is 5. The highest BCUT2D eigenvalue weighted by atomic mass is 19.4. The van der Waals surface area contributed by atoms with E-state index in [0.717, 1.165) is 25.5 Å². The van der Waals surface area contributed by atoms with Crippen LogP contribution < -0.4 is 16.8 Å². The summed E-state index contributed by atoms with van der Waals surface area (Å²) in [4.78, 5) is 5.49. The third-order valence-electron chi connectivity index (χ3n) is 4.57. The number of alkyl halides is 3. The topological polar surface area (TPSA) is 79.7 Å². The summed E-state index contributed by atoms with van der Waals surface area (Å²) < 4.78 is 39.5. The summed E-state index contributed by atoms with van der Waals surface area (Å²) in [7, 11) is 0. The third-order valence-corrected chi connectivity index (χ3v) is 4.57. The Hall–Kier alpha value is -1.28. The predicted molar refractivity (Wildman–Crippen MR) is 68.2 cm³/mol. The van der Waals surface area contributed by atoms with Gasteiger partial charge in [0.1, 0.15) is 5.57 Å². The standard InChI is InChI=1S/C12H18F3N5/c13-11(14,15)9-4-18-10(16)19-12(9,17)20-5-7-2-1-3-8(7)6-20/h4,7-8H,1-3,5-6,17H2,(H3,16,18,19). The summed E-state index contributed by atoms with van der Waals surface area (Å²) in [6, 6.07) is 0. The minimum absolute atomic E-state index is 0.0856. The molecule has 8 heteroatoms. The van der Waals surface area contributed by atoms with Gasteiger partial charge >= 0.3 is 6.18 Å². The van der Waals surface area contributed by atoms with E-state index < -0.39 is 17.5 Å². The SMILES string of the molecule is NC1=NC(N)(N2CC3CCCC3C2)C(C(F)(F)F)=CN1. The van der Waals surface area contributed by atoms with Gasteiger partial charge in [-0.25, -0.2) is 4.99 Å². The first-order valence-corrected chi connectivity index (χ1v) is 6.74. The van der Waals surface area contributed by atoms with Crippen LogP contribution in [0.3, 0.4) is 0 Å². The monoisotopic (exact) mass is 289 g/mol. The molecule has 1 saturated heterocycles. The molecule has 0 spiro atoms. The van der Waals surface area contributed by atoms with Gasteiger partial charge in [-0.15, -0.1) is 0 Å². The van der Waals surface area contributed by atoms with E-state index in [-0.39, 0.29) is 5.96 Å². The van der Waals surface area contributed by atoms with E-state index in [2.05, 4.69) is 10.3 Å². The molecule has 3 aliphatic rings. The molecule has 3 atom stereocenters. The second kappa shape index (κ2) is 4.36. The van der Waals surface area contributed by atoms with Crippen LogP contribution in [0.25, 0.3) is 0 Å². The third kappa shape index (κ3) is 2.07. The molecule has 20 heavy (non-hydrogen) atoms. The average molecular weight is 289 g/mol. The van der Waals surface area contributed by atoms with Crippen molar-refractivity contribution in [1.82, 2.24) is 10.2 Å². The van der Waals surface area contributed by atoms with Crippen LogP contribution in [0.5, 0.6) is 0 Å². The molecule has 0 aromatic heterocycles. The Bertz CT molecular complexity index is 460. The van der Waals surface area contributed by atoms with Gasteiger partial charge in [0, 0.05) is 19.3 Å². The first-order chi connectivity index (χ1) is 9.30. The molecular formula is C12H18F3N5. The normalized spacial score (nSPS) is 38.2. The molecule has 2 fully saturated rings. The molecule has 1 aliphatic carbocycles. The predicted octanol–water partition coefficient (Wildman–Crippen LogP) is 0.695. The number of fused-ring (bicyclic) bond motifs is 1. The van der Waals surface area contributed by atoms with Crippen LogP contribution >= 0.6 is 0 Å². The molecule has 3 rings (SSSR count). The average Bonchev–Trinajstić information content (AvgIpc) is 2.86. The van der Waals surface area contributed by atoms with Gasteiger partial charge < -0.3 is 11.1 Å². The Balaban J connectivity index is 1.91. The van der Waals surface area contributed by atoms with Crippen LogP contribution in [0.15, 0.2) is 16.8 Å². The van der Waals surface area contributed by atoms with Crippen LogP contribution in [0.1, 0.15) is 19.3 Å². The zero-order valence-electron chi connectivity index (χ0n) is 11.0. The van der Waals surface area contributed by atoms with Crippen LogP contribution in [-0.4, -0.2) is 35.9 Å². The highest BCUT2D eigenvalue weighted by Crippen LogP contribution is 2.44. The van der Waals surface area contributed by atoms with Crippen molar-refractivity contribution in [3.8, 4) is 0 Å². The first kappa shape index (κ1) is 13.7. The fourth-order valence-electron chi connectivity index (χ4n) is 3.57. The maximum absolute atomic E-state index is 13.2. The number of nitrogens with one attached hydrogen (secondary N) is 1. The van der Waals surface area contributed by atoms with Crippen LogP contribution in [0.2, 0.25) is 0 Å². The number of rotatable bonds is 1. The first-order valence-electron chi connectivity index (χ1n) is 6.74. The lowest BCUT2D eigenvalue weighted by atomic mass is 10.0. The second-order valence-corrected chi connectivity index (χ2v) is 5.78. The van der Waals surface area contributed by atoms with Gasteiger partial charge in [0.05, 0.1) is 0 Å². The molecule has 2 heterocycles. The Morgan fingerprint density at radius 2 is 1.90 bits per heavy atom. The maximum Gasteiger partial charge on any atom is 0.419 e. The van der Waals surface area contributed by atoms with Crippen molar-refractivity contribution < 1.29 is 13.2 Å². The Labute approximate surface area is 114 Å². The molecule has 0 aromatic carbocycles. The highest BCUT2D eigenvalue weighted by Gasteiger charge is 2.54. The van der Waals surface area contributed by atoms with Crippen molar-refractivity contribution >= 4 is 5.96 Å². The lowest BCUT2D eigenvalue weighted by Gasteiger charge is -2.39. The van der Waals surface area contributed by atoms with Crippen molar-refractivity contribution in [3.05, 3.63) is 11.8 Å². The van der Waals surface area contributed by atoms with Crippen LogP contribution in [-0.2, 0) is 0 Å². The van der Waals surface area contributed by atoms with Gasteiger partial charge in [-0.2, -0.15) is 13.2 Å². The number of nitrogens with zero attached hydrogens (tertiary/aromatic N) is 2. The lowest BCUT2D eigenvalue weighted by Crippen LogP contribution is -2.61. The van der Waals surface area contributed by atoms with Gasteiger partial charge in [0.25, 0.3) is 0 Å². The number of hydrogen-bond donors (Lipinski definition) is 3. The minimum Gasteiger partial charge on any atom is -0.370 e. The Morgan fingerprint density at radius 1 is 1.30 bits per heavy atom. The summed E-state index contributed by atoms with van der Waals surface area (Å²) in [6.07, 6.45) is -0.449. The molecule has 1 saturated carbocycles. The maximum atomic E-state index is 13.2. The van der Waals surface area contributed by atoms with E-state index in [9.17, 15) is 13.2 Å². The number of guanidine groups is 1. The van der Waals surface area contributed by atoms with Gasteiger partial charge in [0.2, 0.25) is 5.79 Å². The summed E-state index contributed by atoms with van der Waals surface area (Å²) >= 11 is 0. The van der Waals surface area contributed by atoms with E-state index in [1.165, 1.54) is 0 Å². The molecule has 112 valence electrons. The number of aliphatic imine (C=N–C) groups is 1. The molecule has 0 amide bonds. The zero-order chi connectivity index (χ0) is 14.5. The number of halogens is 3. The number of likely N-dealkylation sites (tertiary alicyclic amines) is 1. The molecular weight excluding hydrogens is 271 g/mol. The quantitative estimate of drug-likeness (QED) is 0.664. The van der Waals surface area contributed by atoms with Crippen molar-refractivity contribution in [2.75, 3.05) is 13.1 Å². The van der Waals surface area contributed by atoms with Crippen LogP contribution in [0.4, 0.5) is 13.2 Å². The molecule has 5 nitrogen and oxygen atoms in total. The zero-order valence-corrected chi connectivity index (χ0v) is 11.0. The van der Waals surface area contributed by atoms with Gasteiger partial charge in [-0.05, 0) is 24.7 Å². The van der Waals surface area contributed by atoms with E-state index in [1.807, 2.05) is 0 Å². The fraction of sp³-hybridized carbons (Fsp3) is 0.750. The van der Waals surface area contributed by atoms with Gasteiger partial charge in [-0.1, -0.05) is 6.42 Å². The summed E-state index contributed by atoms with van der Waals surface area (Å²) in [6.45, 7) is 1.09. The summed E-state index contributed by atoms with van der Waals surface area (Å²) in [5.41, 5.74) is 10.6. The Morgan fingerprint density at radius 3 is 2.45 bits per heavy atom. The fourth-order valence-corrected chi connectivity index (χ4v) is 3.57. The molecule has 3 unspecified atom stereocenters. The molecule has 0 aromatic rings. The van der Waals surface area contributed by atoms with E-state index >= 15 is 0 Å². The molecule has 2 aliphatic heterocycles. The smallest absolute Gasteiger partial charge is 0.370 e.